The number of para-hydroxylation sites is 1. The lowest BCUT2D eigenvalue weighted by atomic mass is 10.3. The van der Waals surface area contributed by atoms with Crippen molar-refractivity contribution >= 4 is 12.0 Å². The topological polar surface area (TPSA) is 82.6 Å². The summed E-state index contributed by atoms with van der Waals surface area (Å²) in [6.07, 6.45) is 0.702. The van der Waals surface area contributed by atoms with Crippen LogP contribution in [0.25, 0.3) is 0 Å². The number of hydrogen-bond acceptors (Lipinski definition) is 6. The zero-order valence-electron chi connectivity index (χ0n) is 11.0. The van der Waals surface area contributed by atoms with E-state index in [1.54, 1.807) is 24.3 Å². The van der Waals surface area contributed by atoms with Gasteiger partial charge in [0.05, 0.1) is 20.4 Å². The standard InChI is InChI=1S/C13H13N3O4/c1-18-10-8-14-12(15-11(10)19-2)16-13(17)20-9-6-4-3-5-7-9/h3-8H,1-2H3,(H,14,15,16,17). The van der Waals surface area contributed by atoms with Crippen LogP contribution in [-0.2, 0) is 0 Å². The van der Waals surface area contributed by atoms with Crippen molar-refractivity contribution in [3.63, 3.8) is 0 Å². The maximum atomic E-state index is 11.7. The summed E-state index contributed by atoms with van der Waals surface area (Å²) in [6, 6.07) is 8.66. The van der Waals surface area contributed by atoms with E-state index in [1.165, 1.54) is 20.4 Å². The maximum absolute atomic E-state index is 11.7. The predicted octanol–water partition coefficient (Wildman–Crippen LogP) is 2.10. The minimum Gasteiger partial charge on any atom is -0.490 e. The van der Waals surface area contributed by atoms with Gasteiger partial charge in [-0.1, -0.05) is 18.2 Å². The molecule has 20 heavy (non-hydrogen) atoms. The van der Waals surface area contributed by atoms with Gasteiger partial charge in [0, 0.05) is 0 Å². The van der Waals surface area contributed by atoms with Gasteiger partial charge < -0.3 is 14.2 Å². The molecule has 0 aliphatic rings. The Morgan fingerprint density at radius 2 is 1.90 bits per heavy atom. The van der Waals surface area contributed by atoms with Gasteiger partial charge in [-0.25, -0.2) is 9.78 Å². The van der Waals surface area contributed by atoms with E-state index in [0.29, 0.717) is 11.5 Å². The van der Waals surface area contributed by atoms with E-state index in [1.807, 2.05) is 6.07 Å². The smallest absolute Gasteiger partial charge is 0.419 e. The molecule has 0 radical (unpaired) electrons. The third kappa shape index (κ3) is 3.35. The normalized spacial score (nSPS) is 9.70. The fraction of sp³-hybridized carbons (Fsp3) is 0.154. The van der Waals surface area contributed by atoms with E-state index in [0.717, 1.165) is 0 Å². The van der Waals surface area contributed by atoms with E-state index in [2.05, 4.69) is 15.3 Å². The first-order valence-corrected chi connectivity index (χ1v) is 5.72. The van der Waals surface area contributed by atoms with Crippen LogP contribution >= 0.6 is 0 Å². The molecule has 2 aromatic rings. The monoisotopic (exact) mass is 275 g/mol. The Morgan fingerprint density at radius 3 is 2.55 bits per heavy atom. The van der Waals surface area contributed by atoms with E-state index in [-0.39, 0.29) is 11.8 Å². The van der Waals surface area contributed by atoms with Crippen LogP contribution in [0.1, 0.15) is 0 Å². The van der Waals surface area contributed by atoms with Crippen LogP contribution in [-0.4, -0.2) is 30.3 Å². The third-order valence-electron chi connectivity index (χ3n) is 2.30. The van der Waals surface area contributed by atoms with Gasteiger partial charge in [0.1, 0.15) is 5.75 Å². The number of hydrogen-bond donors (Lipinski definition) is 1. The van der Waals surface area contributed by atoms with Gasteiger partial charge in [-0.3, -0.25) is 5.32 Å². The molecule has 7 heteroatoms. The Labute approximate surface area is 115 Å². The predicted molar refractivity (Wildman–Crippen MR) is 71.2 cm³/mol. The lowest BCUT2D eigenvalue weighted by Gasteiger charge is -2.08. The summed E-state index contributed by atoms with van der Waals surface area (Å²) in [5.74, 6) is 1.07. The Balaban J connectivity index is 2.04. The largest absolute Gasteiger partial charge is 0.490 e. The summed E-state index contributed by atoms with van der Waals surface area (Å²) in [5, 5.41) is 2.40. The van der Waals surface area contributed by atoms with E-state index in [4.69, 9.17) is 14.2 Å². The molecule has 1 aromatic heterocycles. The first-order valence-electron chi connectivity index (χ1n) is 5.72. The molecule has 2 rings (SSSR count). The lowest BCUT2D eigenvalue weighted by molar-refractivity contribution is 0.215. The van der Waals surface area contributed by atoms with Crippen LogP contribution in [0.15, 0.2) is 36.5 Å². The van der Waals surface area contributed by atoms with Crippen molar-refractivity contribution in [2.75, 3.05) is 19.5 Å². The SMILES string of the molecule is COc1cnc(NC(=O)Oc2ccccc2)nc1OC. The highest BCUT2D eigenvalue weighted by Crippen LogP contribution is 2.23. The number of rotatable bonds is 4. The molecule has 0 bridgehead atoms. The molecule has 1 N–H and O–H groups in total. The third-order valence-corrected chi connectivity index (χ3v) is 2.30. The number of anilines is 1. The molecular weight excluding hydrogens is 262 g/mol. The molecule has 0 saturated carbocycles. The molecule has 0 unspecified atom stereocenters. The fourth-order valence-electron chi connectivity index (χ4n) is 1.41. The molecule has 0 aliphatic carbocycles. The molecule has 0 spiro atoms. The molecule has 1 amide bonds. The minimum absolute atomic E-state index is 0.0589. The van der Waals surface area contributed by atoms with Gasteiger partial charge in [0.15, 0.2) is 5.75 Å². The zero-order chi connectivity index (χ0) is 14.4. The number of nitrogens with zero attached hydrogens (tertiary/aromatic N) is 2. The van der Waals surface area contributed by atoms with Crippen molar-refractivity contribution in [3.05, 3.63) is 36.5 Å². The molecule has 1 heterocycles. The molecule has 0 aliphatic heterocycles. The van der Waals surface area contributed by atoms with Gasteiger partial charge in [-0.2, -0.15) is 4.98 Å². The van der Waals surface area contributed by atoms with Crippen molar-refractivity contribution in [3.8, 4) is 17.4 Å². The van der Waals surface area contributed by atoms with Crippen LogP contribution in [0, 0.1) is 0 Å². The highest BCUT2D eigenvalue weighted by Gasteiger charge is 2.11. The summed E-state index contributed by atoms with van der Waals surface area (Å²) >= 11 is 0. The second kappa shape index (κ2) is 6.37. The van der Waals surface area contributed by atoms with Gasteiger partial charge in [-0.05, 0) is 12.1 Å². The van der Waals surface area contributed by atoms with Gasteiger partial charge in [0.25, 0.3) is 5.88 Å². The average Bonchev–Trinajstić information content (AvgIpc) is 2.48. The first kappa shape index (κ1) is 13.6. The van der Waals surface area contributed by atoms with E-state index in [9.17, 15) is 4.79 Å². The van der Waals surface area contributed by atoms with Gasteiger partial charge in [0.2, 0.25) is 5.95 Å². The van der Waals surface area contributed by atoms with Crippen LogP contribution in [0.4, 0.5) is 10.7 Å². The summed E-state index contributed by atoms with van der Waals surface area (Å²) in [7, 11) is 2.91. The van der Waals surface area contributed by atoms with Crippen LogP contribution in [0.5, 0.6) is 17.4 Å². The Kier molecular flexibility index (Phi) is 4.33. The molecule has 104 valence electrons. The molecule has 0 atom stereocenters. The highest BCUT2D eigenvalue weighted by molar-refractivity contribution is 5.84. The zero-order valence-corrected chi connectivity index (χ0v) is 11.0. The van der Waals surface area contributed by atoms with Crippen LogP contribution in [0.2, 0.25) is 0 Å². The molecular formula is C13H13N3O4. The van der Waals surface area contributed by atoms with E-state index < -0.39 is 6.09 Å². The number of aromatic nitrogens is 2. The molecule has 0 saturated heterocycles. The Hall–Kier alpha value is -2.83. The Bertz CT molecular complexity index is 589. The van der Waals surface area contributed by atoms with Crippen molar-refractivity contribution in [2.24, 2.45) is 0 Å². The number of amides is 1. The first-order chi connectivity index (χ1) is 9.72. The van der Waals surface area contributed by atoms with Crippen molar-refractivity contribution < 1.29 is 19.0 Å². The number of carbonyl (C=O) groups excluding carboxylic acids is 1. The van der Waals surface area contributed by atoms with Crippen molar-refractivity contribution in [1.29, 1.82) is 0 Å². The second-order valence-electron chi connectivity index (χ2n) is 3.60. The second-order valence-corrected chi connectivity index (χ2v) is 3.60. The van der Waals surface area contributed by atoms with Crippen molar-refractivity contribution in [1.82, 2.24) is 9.97 Å². The van der Waals surface area contributed by atoms with Gasteiger partial charge in [-0.15, -0.1) is 0 Å². The van der Waals surface area contributed by atoms with Crippen LogP contribution in [0.3, 0.4) is 0 Å². The number of benzene rings is 1. The lowest BCUT2D eigenvalue weighted by Crippen LogP contribution is -2.18. The number of carbonyl (C=O) groups is 1. The molecule has 1 aromatic carbocycles. The number of methoxy groups -OCH3 is 2. The summed E-state index contributed by atoms with van der Waals surface area (Å²) in [4.78, 5) is 19.5. The number of nitrogens with one attached hydrogen (secondary N) is 1. The Morgan fingerprint density at radius 1 is 1.15 bits per heavy atom. The maximum Gasteiger partial charge on any atom is 0.419 e. The van der Waals surface area contributed by atoms with Crippen molar-refractivity contribution in [2.45, 2.75) is 0 Å². The van der Waals surface area contributed by atoms with E-state index >= 15 is 0 Å². The quantitative estimate of drug-likeness (QED) is 0.920. The summed E-state index contributed by atoms with van der Waals surface area (Å²) in [6.45, 7) is 0. The molecule has 7 nitrogen and oxygen atoms in total. The molecule has 0 fully saturated rings. The number of ether oxygens (including phenoxy) is 3. The highest BCUT2D eigenvalue weighted by atomic mass is 16.6. The fourth-order valence-corrected chi connectivity index (χ4v) is 1.41. The van der Waals surface area contributed by atoms with Crippen LogP contribution < -0.4 is 19.5 Å². The summed E-state index contributed by atoms with van der Waals surface area (Å²) in [5.41, 5.74) is 0. The van der Waals surface area contributed by atoms with Gasteiger partial charge >= 0.3 is 6.09 Å². The minimum atomic E-state index is -0.691. The summed E-state index contributed by atoms with van der Waals surface area (Å²) < 4.78 is 15.1. The average molecular weight is 275 g/mol.